The first kappa shape index (κ1) is 27.8. The second-order valence-corrected chi connectivity index (χ2v) is 10.1. The summed E-state index contributed by atoms with van der Waals surface area (Å²) in [6.07, 6.45) is 1.09. The van der Waals surface area contributed by atoms with Crippen molar-refractivity contribution in [3.63, 3.8) is 0 Å². The zero-order valence-corrected chi connectivity index (χ0v) is 22.2. The van der Waals surface area contributed by atoms with E-state index in [4.69, 9.17) is 11.6 Å². The molecule has 0 unspecified atom stereocenters. The maximum absolute atomic E-state index is 14.6. The molecule has 0 aromatic heterocycles. The van der Waals surface area contributed by atoms with Gasteiger partial charge in [0.1, 0.15) is 11.9 Å². The molecule has 0 heterocycles. The van der Waals surface area contributed by atoms with E-state index in [0.717, 1.165) is 17.5 Å². The molecular weight excluding hydrogens is 495 g/mol. The van der Waals surface area contributed by atoms with Crippen LogP contribution in [0.4, 0.5) is 4.39 Å². The first-order valence-corrected chi connectivity index (χ1v) is 13.6. The fourth-order valence-electron chi connectivity index (χ4n) is 3.75. The molecule has 0 aliphatic rings. The van der Waals surface area contributed by atoms with Crippen LogP contribution in [0, 0.1) is 5.82 Å². The Bertz CT molecular complexity index is 1140. The van der Waals surface area contributed by atoms with Gasteiger partial charge in [0.2, 0.25) is 11.8 Å². The van der Waals surface area contributed by atoms with Gasteiger partial charge in [-0.3, -0.25) is 9.59 Å². The summed E-state index contributed by atoms with van der Waals surface area (Å²) in [5.74, 6) is -0.174. The number of halogens is 2. The van der Waals surface area contributed by atoms with Gasteiger partial charge in [-0.15, -0.1) is 11.8 Å². The highest BCUT2D eigenvalue weighted by Crippen LogP contribution is 2.23. The van der Waals surface area contributed by atoms with Crippen molar-refractivity contribution < 1.29 is 14.0 Å². The van der Waals surface area contributed by atoms with E-state index in [0.29, 0.717) is 22.8 Å². The second-order valence-electron chi connectivity index (χ2n) is 8.72. The summed E-state index contributed by atoms with van der Waals surface area (Å²) in [5, 5.41) is 3.67. The average molecular weight is 527 g/mol. The maximum atomic E-state index is 14.6. The van der Waals surface area contributed by atoms with Gasteiger partial charge in [-0.2, -0.15) is 0 Å². The third-order valence-electron chi connectivity index (χ3n) is 6.01. The molecule has 0 fully saturated rings. The topological polar surface area (TPSA) is 49.4 Å². The zero-order valence-electron chi connectivity index (χ0n) is 20.6. The Morgan fingerprint density at radius 2 is 1.61 bits per heavy atom. The molecule has 0 saturated carbocycles. The third kappa shape index (κ3) is 8.10. The van der Waals surface area contributed by atoms with Crippen LogP contribution in [0.3, 0.4) is 0 Å². The molecule has 36 heavy (non-hydrogen) atoms. The quantitative estimate of drug-likeness (QED) is 0.303. The summed E-state index contributed by atoms with van der Waals surface area (Å²) in [4.78, 5) is 28.6. The number of amides is 2. The first-order valence-electron chi connectivity index (χ1n) is 12.1. The highest BCUT2D eigenvalue weighted by molar-refractivity contribution is 7.99. The fraction of sp³-hybridized carbons (Fsp3) is 0.310. The molecule has 3 aromatic carbocycles. The molecule has 1 N–H and O–H groups in total. The van der Waals surface area contributed by atoms with Crippen molar-refractivity contribution in [2.45, 2.75) is 51.1 Å². The number of nitrogens with zero attached hydrogens (tertiary/aromatic N) is 1. The number of carbonyl (C=O) groups is 2. The summed E-state index contributed by atoms with van der Waals surface area (Å²) in [7, 11) is 0. The van der Waals surface area contributed by atoms with E-state index >= 15 is 0 Å². The lowest BCUT2D eigenvalue weighted by molar-refractivity contribution is -0.139. The molecule has 2 amide bonds. The summed E-state index contributed by atoms with van der Waals surface area (Å²) in [6, 6.07) is 22.6. The van der Waals surface area contributed by atoms with E-state index in [1.54, 1.807) is 18.2 Å². The predicted molar refractivity (Wildman–Crippen MR) is 146 cm³/mol. The first-order chi connectivity index (χ1) is 17.4. The molecule has 0 spiro atoms. The van der Waals surface area contributed by atoms with Crippen LogP contribution in [-0.4, -0.2) is 34.6 Å². The van der Waals surface area contributed by atoms with Gasteiger partial charge in [-0.05, 0) is 36.6 Å². The minimum atomic E-state index is -0.783. The Kier molecular flexibility index (Phi) is 10.8. The van der Waals surface area contributed by atoms with Crippen molar-refractivity contribution >= 4 is 35.2 Å². The highest BCUT2D eigenvalue weighted by atomic mass is 35.5. The van der Waals surface area contributed by atoms with E-state index in [1.807, 2.05) is 68.4 Å². The van der Waals surface area contributed by atoms with Gasteiger partial charge in [0.15, 0.2) is 0 Å². The van der Waals surface area contributed by atoms with Crippen molar-refractivity contribution in [3.8, 4) is 0 Å². The zero-order chi connectivity index (χ0) is 25.9. The van der Waals surface area contributed by atoms with E-state index in [-0.39, 0.29) is 30.2 Å². The second kappa shape index (κ2) is 14.0. The Labute approximate surface area is 222 Å². The number of nitrogens with one attached hydrogen (secondary N) is 1. The normalized spacial score (nSPS) is 12.6. The number of thioether (sulfide) groups is 1. The van der Waals surface area contributed by atoms with E-state index in [9.17, 15) is 14.0 Å². The Hall–Kier alpha value is -2.83. The van der Waals surface area contributed by atoms with Gasteiger partial charge in [0.05, 0.1) is 5.75 Å². The molecule has 0 saturated heterocycles. The number of hydrogen-bond acceptors (Lipinski definition) is 3. The van der Waals surface area contributed by atoms with Crippen LogP contribution in [0.15, 0.2) is 78.9 Å². The minimum Gasteiger partial charge on any atom is -0.352 e. The van der Waals surface area contributed by atoms with E-state index in [1.165, 1.54) is 22.7 Å². The van der Waals surface area contributed by atoms with Crippen molar-refractivity contribution in [2.75, 3.05) is 5.75 Å². The largest absolute Gasteiger partial charge is 0.352 e. The van der Waals surface area contributed by atoms with Crippen molar-refractivity contribution in [1.82, 2.24) is 10.2 Å². The van der Waals surface area contributed by atoms with Crippen LogP contribution < -0.4 is 5.32 Å². The molecule has 7 heteroatoms. The summed E-state index contributed by atoms with van der Waals surface area (Å²) < 4.78 is 14.6. The monoisotopic (exact) mass is 526 g/mol. The molecule has 190 valence electrons. The Morgan fingerprint density at radius 3 is 2.28 bits per heavy atom. The van der Waals surface area contributed by atoms with Crippen LogP contribution in [0.2, 0.25) is 5.02 Å². The number of rotatable bonds is 12. The molecular formula is C29H32ClFN2O2S. The molecule has 4 nitrogen and oxygen atoms in total. The lowest BCUT2D eigenvalue weighted by atomic mass is 10.0. The highest BCUT2D eigenvalue weighted by Gasteiger charge is 2.31. The van der Waals surface area contributed by atoms with E-state index < -0.39 is 11.9 Å². The minimum absolute atomic E-state index is 0.00356. The van der Waals surface area contributed by atoms with Crippen molar-refractivity contribution in [3.05, 3.63) is 106 Å². The Balaban J connectivity index is 1.87. The van der Waals surface area contributed by atoms with Gasteiger partial charge < -0.3 is 10.2 Å². The van der Waals surface area contributed by atoms with Gasteiger partial charge in [0, 0.05) is 35.3 Å². The SMILES string of the molecule is CC[C@@H](C)NC(=O)[C@@H](Cc1ccccc1)N(Cc1ccccc1F)C(=O)CSCc1ccccc1Cl. The standard InChI is InChI=1S/C29H32ClFN2O2S/c1-3-21(2)32-29(35)27(17-22-11-5-4-6-12-22)33(18-23-13-8-10-16-26(23)31)28(34)20-36-19-24-14-7-9-15-25(24)30/h4-16,21,27H,3,17-20H2,1-2H3,(H,32,35)/t21-,27-/m1/s1. The molecule has 0 radical (unpaired) electrons. The molecule has 0 aliphatic heterocycles. The number of carbonyl (C=O) groups excluding carboxylic acids is 2. The molecule has 0 aliphatic carbocycles. The van der Waals surface area contributed by atoms with Crippen LogP contribution in [0.5, 0.6) is 0 Å². The Morgan fingerprint density at radius 1 is 0.972 bits per heavy atom. The van der Waals surface area contributed by atoms with Crippen LogP contribution >= 0.6 is 23.4 Å². The predicted octanol–water partition coefficient (Wildman–Crippen LogP) is 6.27. The van der Waals surface area contributed by atoms with Crippen LogP contribution in [0.1, 0.15) is 37.0 Å². The summed E-state index contributed by atoms with van der Waals surface area (Å²) in [6.45, 7) is 3.92. The van der Waals surface area contributed by atoms with Crippen molar-refractivity contribution in [1.29, 1.82) is 0 Å². The van der Waals surface area contributed by atoms with Gasteiger partial charge in [-0.1, -0.05) is 85.3 Å². The lowest BCUT2D eigenvalue weighted by Gasteiger charge is -2.32. The lowest BCUT2D eigenvalue weighted by Crippen LogP contribution is -2.52. The van der Waals surface area contributed by atoms with E-state index in [2.05, 4.69) is 5.32 Å². The average Bonchev–Trinajstić information content (AvgIpc) is 2.88. The van der Waals surface area contributed by atoms with Crippen LogP contribution in [-0.2, 0) is 28.3 Å². The number of benzene rings is 3. The summed E-state index contributed by atoms with van der Waals surface area (Å²) >= 11 is 7.69. The van der Waals surface area contributed by atoms with Gasteiger partial charge in [0.25, 0.3) is 0 Å². The third-order valence-corrected chi connectivity index (χ3v) is 7.35. The molecule has 3 aromatic rings. The van der Waals surface area contributed by atoms with Crippen LogP contribution in [0.25, 0.3) is 0 Å². The maximum Gasteiger partial charge on any atom is 0.243 e. The molecule has 3 rings (SSSR count). The van der Waals surface area contributed by atoms with Gasteiger partial charge in [-0.25, -0.2) is 4.39 Å². The molecule has 2 atom stereocenters. The molecule has 0 bridgehead atoms. The number of hydrogen-bond donors (Lipinski definition) is 1. The van der Waals surface area contributed by atoms with Gasteiger partial charge >= 0.3 is 0 Å². The summed E-state index contributed by atoms with van der Waals surface area (Å²) in [5.41, 5.74) is 2.24. The fourth-order valence-corrected chi connectivity index (χ4v) is 4.95. The van der Waals surface area contributed by atoms with Crippen molar-refractivity contribution in [2.24, 2.45) is 0 Å². The smallest absolute Gasteiger partial charge is 0.243 e.